The van der Waals surface area contributed by atoms with Gasteiger partial charge in [0.05, 0.1) is 6.61 Å². The number of hydrogen-bond donors (Lipinski definition) is 5. The predicted octanol–water partition coefficient (Wildman–Crippen LogP) is -2.69. The summed E-state index contributed by atoms with van der Waals surface area (Å²) in [6.45, 7) is -0.455. The van der Waals surface area contributed by atoms with E-state index in [0.29, 0.717) is 0 Å². The van der Waals surface area contributed by atoms with E-state index in [1.807, 2.05) is 0 Å². The Morgan fingerprint density at radius 1 is 1.45 bits per heavy atom. The number of anilines is 1. The van der Waals surface area contributed by atoms with Gasteiger partial charge >= 0.3 is 0 Å². The maximum atomic E-state index is 11.9. The molecule has 1 saturated heterocycles. The maximum Gasteiger partial charge on any atom is 0.278 e. The Hall–Kier alpha value is -2.01. The van der Waals surface area contributed by atoms with Crippen LogP contribution in [0, 0.1) is 0 Å². The van der Waals surface area contributed by atoms with Crippen LogP contribution in [0.3, 0.4) is 0 Å². The van der Waals surface area contributed by atoms with E-state index in [-0.39, 0.29) is 17.1 Å². The molecule has 6 N–H and O–H groups in total. The van der Waals surface area contributed by atoms with Crippen LogP contribution in [0.2, 0.25) is 0 Å². The number of rotatable bonds is 2. The highest BCUT2D eigenvalue weighted by Gasteiger charge is 2.44. The highest BCUT2D eigenvalue weighted by molar-refractivity contribution is 5.70. The van der Waals surface area contributed by atoms with Gasteiger partial charge in [-0.05, 0) is 0 Å². The van der Waals surface area contributed by atoms with Crippen LogP contribution < -0.4 is 11.3 Å². The van der Waals surface area contributed by atoms with Crippen LogP contribution in [0.5, 0.6) is 0 Å². The SMILES string of the molecule is Nc1nc2ncn([C@H]3O[C@@H](CO)[C@@H](O)[C@@H]3O)c2c(=O)[nH]1. The number of aromatic amines is 1. The molecule has 3 rings (SSSR count). The molecule has 4 atom stereocenters. The molecule has 10 nitrogen and oxygen atoms in total. The van der Waals surface area contributed by atoms with Gasteiger partial charge in [0.2, 0.25) is 5.95 Å². The Morgan fingerprint density at radius 3 is 2.85 bits per heavy atom. The first-order chi connectivity index (χ1) is 9.52. The number of aromatic nitrogens is 4. The molecule has 3 heterocycles. The van der Waals surface area contributed by atoms with Crippen LogP contribution >= 0.6 is 0 Å². The number of fused-ring (bicyclic) bond motifs is 1. The zero-order valence-electron chi connectivity index (χ0n) is 10.2. The summed E-state index contributed by atoms with van der Waals surface area (Å²) in [4.78, 5) is 22.0. The van der Waals surface area contributed by atoms with Crippen LogP contribution in [-0.4, -0.2) is 59.8 Å². The Bertz CT molecular complexity index is 697. The van der Waals surface area contributed by atoms with E-state index in [9.17, 15) is 15.0 Å². The number of hydrogen-bond acceptors (Lipinski definition) is 8. The lowest BCUT2D eigenvalue weighted by Gasteiger charge is -2.16. The second-order valence-electron chi connectivity index (χ2n) is 4.50. The monoisotopic (exact) mass is 283 g/mol. The zero-order chi connectivity index (χ0) is 14.4. The van der Waals surface area contributed by atoms with Crippen LogP contribution in [0.4, 0.5) is 5.95 Å². The summed E-state index contributed by atoms with van der Waals surface area (Å²) in [5.41, 5.74) is 5.04. The smallest absolute Gasteiger partial charge is 0.278 e. The molecule has 0 bridgehead atoms. The van der Waals surface area contributed by atoms with Gasteiger partial charge in [-0.25, -0.2) is 4.98 Å². The molecule has 1 fully saturated rings. The molecular weight excluding hydrogens is 270 g/mol. The van der Waals surface area contributed by atoms with E-state index in [1.54, 1.807) is 0 Å². The fraction of sp³-hybridized carbons (Fsp3) is 0.500. The minimum absolute atomic E-state index is 0.0639. The van der Waals surface area contributed by atoms with Crippen LogP contribution in [0.1, 0.15) is 6.23 Å². The molecule has 108 valence electrons. The molecular formula is C10H13N5O5. The van der Waals surface area contributed by atoms with E-state index in [2.05, 4.69) is 15.0 Å². The number of ether oxygens (including phenoxy) is 1. The number of aliphatic hydroxyl groups is 3. The molecule has 10 heteroatoms. The first-order valence-corrected chi connectivity index (χ1v) is 5.87. The molecule has 1 aliphatic rings. The second-order valence-corrected chi connectivity index (χ2v) is 4.50. The fourth-order valence-corrected chi connectivity index (χ4v) is 2.27. The summed E-state index contributed by atoms with van der Waals surface area (Å²) in [5, 5.41) is 28.7. The minimum Gasteiger partial charge on any atom is -0.394 e. The highest BCUT2D eigenvalue weighted by atomic mass is 16.6. The van der Waals surface area contributed by atoms with Crippen molar-refractivity contribution >= 4 is 17.1 Å². The third-order valence-electron chi connectivity index (χ3n) is 3.25. The summed E-state index contributed by atoms with van der Waals surface area (Å²) in [6.07, 6.45) is -3.29. The summed E-state index contributed by atoms with van der Waals surface area (Å²) in [5.74, 6) is -0.0751. The number of nitrogen functional groups attached to an aromatic ring is 1. The average Bonchev–Trinajstić information content (AvgIpc) is 2.93. The summed E-state index contributed by atoms with van der Waals surface area (Å²) >= 11 is 0. The second kappa shape index (κ2) is 4.52. The standard InChI is InChI=1S/C10H13N5O5/c11-10-13-7-4(8(19)14-10)15(2-12-7)9-6(18)5(17)3(1-16)20-9/h2-3,5-6,9,16-18H,1H2,(H3,11,13,14,19)/t3-,5+,6-,9-/m0/s1. The third kappa shape index (κ3) is 1.78. The van der Waals surface area contributed by atoms with Crippen molar-refractivity contribution in [2.75, 3.05) is 12.3 Å². The van der Waals surface area contributed by atoms with Gasteiger partial charge in [-0.3, -0.25) is 14.3 Å². The van der Waals surface area contributed by atoms with Gasteiger partial charge in [0, 0.05) is 0 Å². The largest absolute Gasteiger partial charge is 0.394 e. The van der Waals surface area contributed by atoms with Crippen molar-refractivity contribution in [3.63, 3.8) is 0 Å². The molecule has 0 unspecified atom stereocenters. The zero-order valence-corrected chi connectivity index (χ0v) is 10.2. The van der Waals surface area contributed by atoms with Gasteiger partial charge in [0.25, 0.3) is 5.56 Å². The molecule has 2 aromatic heterocycles. The average molecular weight is 283 g/mol. The van der Waals surface area contributed by atoms with Gasteiger partial charge in [0.1, 0.15) is 24.6 Å². The summed E-state index contributed by atoms with van der Waals surface area (Å²) < 4.78 is 6.59. The topological polar surface area (TPSA) is 160 Å². The molecule has 20 heavy (non-hydrogen) atoms. The highest BCUT2D eigenvalue weighted by Crippen LogP contribution is 2.30. The molecule has 0 saturated carbocycles. The Kier molecular flexibility index (Phi) is 2.94. The number of nitrogens with one attached hydrogen (secondary N) is 1. The normalized spacial score (nSPS) is 30.1. The number of aliphatic hydroxyl groups excluding tert-OH is 3. The Morgan fingerprint density at radius 2 is 2.20 bits per heavy atom. The number of H-pyrrole nitrogens is 1. The van der Waals surface area contributed by atoms with Crippen molar-refractivity contribution in [3.8, 4) is 0 Å². The minimum atomic E-state index is -1.30. The molecule has 0 aromatic carbocycles. The predicted molar refractivity (Wildman–Crippen MR) is 65.6 cm³/mol. The molecule has 1 aliphatic heterocycles. The van der Waals surface area contributed by atoms with E-state index in [4.69, 9.17) is 15.6 Å². The Labute approximate surface area is 111 Å². The van der Waals surface area contributed by atoms with E-state index < -0.39 is 36.7 Å². The first kappa shape index (κ1) is 13.0. The van der Waals surface area contributed by atoms with Gasteiger partial charge in [0.15, 0.2) is 17.4 Å². The van der Waals surface area contributed by atoms with Crippen molar-refractivity contribution in [1.82, 2.24) is 19.5 Å². The van der Waals surface area contributed by atoms with Crippen molar-refractivity contribution in [1.29, 1.82) is 0 Å². The summed E-state index contributed by atoms with van der Waals surface area (Å²) in [7, 11) is 0. The van der Waals surface area contributed by atoms with E-state index >= 15 is 0 Å². The van der Waals surface area contributed by atoms with E-state index in [0.717, 1.165) is 0 Å². The summed E-state index contributed by atoms with van der Waals surface area (Å²) in [6, 6.07) is 0. The number of nitrogens with zero attached hydrogens (tertiary/aromatic N) is 3. The fourth-order valence-electron chi connectivity index (χ4n) is 2.27. The molecule has 0 amide bonds. The molecule has 0 aliphatic carbocycles. The van der Waals surface area contributed by atoms with Crippen LogP contribution in [0.25, 0.3) is 11.2 Å². The third-order valence-corrected chi connectivity index (χ3v) is 3.25. The van der Waals surface area contributed by atoms with Crippen molar-refractivity contribution in [2.45, 2.75) is 24.5 Å². The van der Waals surface area contributed by atoms with Gasteiger partial charge in [-0.1, -0.05) is 0 Å². The lowest BCUT2D eigenvalue weighted by molar-refractivity contribution is -0.0509. The van der Waals surface area contributed by atoms with Crippen molar-refractivity contribution < 1.29 is 20.1 Å². The molecule has 0 radical (unpaired) electrons. The molecule has 0 spiro atoms. The lowest BCUT2D eigenvalue weighted by atomic mass is 10.1. The Balaban J connectivity index is 2.10. The van der Waals surface area contributed by atoms with Gasteiger partial charge < -0.3 is 25.8 Å². The van der Waals surface area contributed by atoms with Crippen LogP contribution in [0.15, 0.2) is 11.1 Å². The van der Waals surface area contributed by atoms with Crippen molar-refractivity contribution in [3.05, 3.63) is 16.7 Å². The quantitative estimate of drug-likeness (QED) is 0.398. The first-order valence-electron chi connectivity index (χ1n) is 5.87. The lowest BCUT2D eigenvalue weighted by Crippen LogP contribution is -2.33. The van der Waals surface area contributed by atoms with Crippen LogP contribution in [-0.2, 0) is 4.74 Å². The van der Waals surface area contributed by atoms with E-state index in [1.165, 1.54) is 10.9 Å². The van der Waals surface area contributed by atoms with Gasteiger partial charge in [-0.15, -0.1) is 0 Å². The maximum absolute atomic E-state index is 11.9. The number of nitrogens with two attached hydrogens (primary N) is 1. The molecule has 2 aromatic rings. The van der Waals surface area contributed by atoms with Gasteiger partial charge in [-0.2, -0.15) is 4.98 Å². The number of imidazole rings is 1. The van der Waals surface area contributed by atoms with Crippen molar-refractivity contribution in [2.24, 2.45) is 0 Å².